The van der Waals surface area contributed by atoms with Crippen molar-refractivity contribution in [2.75, 3.05) is 7.05 Å². The number of rotatable bonds is 5. The maximum Gasteiger partial charge on any atom is 0.230 e. The summed E-state index contributed by atoms with van der Waals surface area (Å²) in [7, 11) is 1.99. The quantitative estimate of drug-likeness (QED) is 0.540. The second kappa shape index (κ2) is 6.72. The third-order valence-corrected chi connectivity index (χ3v) is 4.31. The highest BCUT2D eigenvalue weighted by Gasteiger charge is 2.16. The van der Waals surface area contributed by atoms with Crippen LogP contribution in [-0.2, 0) is 13.1 Å². The smallest absolute Gasteiger partial charge is 0.230 e. The first-order chi connectivity index (χ1) is 12.6. The van der Waals surface area contributed by atoms with E-state index in [9.17, 15) is 0 Å². The van der Waals surface area contributed by atoms with Crippen molar-refractivity contribution >= 4 is 10.8 Å². The molecule has 2 aromatic carbocycles. The number of hydrogen-bond donors (Lipinski definition) is 0. The van der Waals surface area contributed by atoms with Crippen molar-refractivity contribution in [2.45, 2.75) is 26.9 Å². The molecule has 2 aromatic heterocycles. The molecule has 26 heavy (non-hydrogen) atoms. The van der Waals surface area contributed by atoms with Crippen LogP contribution in [0.1, 0.15) is 23.2 Å². The second-order valence-corrected chi connectivity index (χ2v) is 6.44. The van der Waals surface area contributed by atoms with Crippen LogP contribution in [0.15, 0.2) is 51.3 Å². The van der Waals surface area contributed by atoms with E-state index in [1.54, 1.807) is 6.92 Å². The zero-order valence-corrected chi connectivity index (χ0v) is 15.1. The van der Waals surface area contributed by atoms with Crippen LogP contribution in [0.3, 0.4) is 0 Å². The highest BCUT2D eigenvalue weighted by Crippen LogP contribution is 2.29. The van der Waals surface area contributed by atoms with E-state index >= 15 is 0 Å². The first-order valence-electron chi connectivity index (χ1n) is 8.52. The molecule has 0 N–H and O–H groups in total. The minimum Gasteiger partial charge on any atom is -0.441 e. The van der Waals surface area contributed by atoms with Gasteiger partial charge in [0.15, 0.2) is 0 Å². The Kier molecular flexibility index (Phi) is 4.26. The monoisotopic (exact) mass is 348 g/mol. The summed E-state index contributed by atoms with van der Waals surface area (Å²) in [5.41, 5.74) is 1.92. The molecule has 0 spiro atoms. The molecule has 4 aromatic rings. The van der Waals surface area contributed by atoms with Crippen molar-refractivity contribution in [3.05, 3.63) is 65.7 Å². The molecule has 0 unspecified atom stereocenters. The fraction of sp³-hybridized carbons (Fsp3) is 0.250. The average Bonchev–Trinajstić information content (AvgIpc) is 3.20. The first kappa shape index (κ1) is 16.5. The number of oxazole rings is 1. The van der Waals surface area contributed by atoms with Gasteiger partial charge in [-0.05, 0) is 30.8 Å². The fourth-order valence-corrected chi connectivity index (χ4v) is 3.05. The Balaban J connectivity index is 1.59. The summed E-state index contributed by atoms with van der Waals surface area (Å²) in [6, 6.07) is 14.4. The van der Waals surface area contributed by atoms with Crippen LogP contribution in [0, 0.1) is 13.8 Å². The van der Waals surface area contributed by atoms with Gasteiger partial charge in [0.05, 0.1) is 12.2 Å². The maximum atomic E-state index is 5.97. The van der Waals surface area contributed by atoms with Crippen molar-refractivity contribution in [2.24, 2.45) is 0 Å². The van der Waals surface area contributed by atoms with Crippen molar-refractivity contribution < 1.29 is 8.83 Å². The van der Waals surface area contributed by atoms with E-state index in [4.69, 9.17) is 13.8 Å². The van der Waals surface area contributed by atoms with Gasteiger partial charge in [0, 0.05) is 19.0 Å². The van der Waals surface area contributed by atoms with Gasteiger partial charge >= 0.3 is 0 Å². The highest BCUT2D eigenvalue weighted by molar-refractivity contribution is 5.94. The minimum absolute atomic E-state index is 0.566. The standard InChI is InChI=1S/C20H20N4O2/c1-13-18(11-24(3)12-19-23-22-14(2)26-19)21-20(25-13)17-10-6-8-15-7-4-5-9-16(15)17/h4-10H,11-12H2,1-3H3. The van der Waals surface area contributed by atoms with Crippen LogP contribution < -0.4 is 0 Å². The normalized spacial score (nSPS) is 11.5. The summed E-state index contributed by atoms with van der Waals surface area (Å²) in [4.78, 5) is 6.82. The third-order valence-electron chi connectivity index (χ3n) is 4.31. The van der Waals surface area contributed by atoms with Gasteiger partial charge in [-0.3, -0.25) is 4.90 Å². The Morgan fingerprint density at radius 2 is 1.73 bits per heavy atom. The Morgan fingerprint density at radius 3 is 2.54 bits per heavy atom. The molecule has 4 rings (SSSR count). The average molecular weight is 348 g/mol. The van der Waals surface area contributed by atoms with Crippen molar-refractivity contribution in [1.29, 1.82) is 0 Å². The molecule has 0 radical (unpaired) electrons. The zero-order chi connectivity index (χ0) is 18.1. The lowest BCUT2D eigenvalue weighted by Crippen LogP contribution is -2.18. The molecule has 0 aliphatic heterocycles. The highest BCUT2D eigenvalue weighted by atomic mass is 16.4. The van der Waals surface area contributed by atoms with E-state index in [1.165, 1.54) is 5.39 Å². The minimum atomic E-state index is 0.566. The molecule has 0 fully saturated rings. The number of aromatic nitrogens is 3. The Hall–Kier alpha value is -2.99. The molecular weight excluding hydrogens is 328 g/mol. The lowest BCUT2D eigenvalue weighted by molar-refractivity contribution is 0.275. The molecule has 0 saturated heterocycles. The molecule has 0 bridgehead atoms. The molecule has 0 aliphatic rings. The summed E-state index contributed by atoms with van der Waals surface area (Å²) in [5.74, 6) is 2.64. The van der Waals surface area contributed by atoms with Crippen LogP contribution in [0.5, 0.6) is 0 Å². The lowest BCUT2D eigenvalue weighted by Gasteiger charge is -2.12. The Labute approximate surface area is 151 Å². The van der Waals surface area contributed by atoms with Gasteiger partial charge < -0.3 is 8.83 Å². The van der Waals surface area contributed by atoms with Crippen LogP contribution in [0.2, 0.25) is 0 Å². The third kappa shape index (κ3) is 3.23. The molecule has 0 saturated carbocycles. The largest absolute Gasteiger partial charge is 0.441 e. The van der Waals surface area contributed by atoms with E-state index < -0.39 is 0 Å². The lowest BCUT2D eigenvalue weighted by atomic mass is 10.0. The van der Waals surface area contributed by atoms with Gasteiger partial charge in [-0.2, -0.15) is 0 Å². The molecule has 6 nitrogen and oxygen atoms in total. The Morgan fingerprint density at radius 1 is 0.923 bits per heavy atom. The predicted molar refractivity (Wildman–Crippen MR) is 98.4 cm³/mol. The predicted octanol–water partition coefficient (Wildman–Crippen LogP) is 4.13. The molecule has 0 atom stereocenters. The van der Waals surface area contributed by atoms with E-state index in [0.29, 0.717) is 30.8 Å². The summed E-state index contributed by atoms with van der Waals surface area (Å²) >= 11 is 0. The SMILES string of the molecule is Cc1nnc(CN(C)Cc2nc(-c3cccc4ccccc34)oc2C)o1. The van der Waals surface area contributed by atoms with Crippen molar-refractivity contribution in [1.82, 2.24) is 20.1 Å². The summed E-state index contributed by atoms with van der Waals surface area (Å²) in [6.45, 7) is 4.94. The number of fused-ring (bicyclic) bond motifs is 1. The van der Waals surface area contributed by atoms with Gasteiger partial charge in [0.1, 0.15) is 5.76 Å². The molecular formula is C20H20N4O2. The fourth-order valence-electron chi connectivity index (χ4n) is 3.05. The zero-order valence-electron chi connectivity index (χ0n) is 15.1. The van der Waals surface area contributed by atoms with E-state index in [0.717, 1.165) is 22.4 Å². The second-order valence-electron chi connectivity index (χ2n) is 6.44. The van der Waals surface area contributed by atoms with Crippen molar-refractivity contribution in [3.63, 3.8) is 0 Å². The molecule has 0 aliphatic carbocycles. The van der Waals surface area contributed by atoms with E-state index in [2.05, 4.69) is 33.3 Å². The summed E-state index contributed by atoms with van der Waals surface area (Å²) in [6.07, 6.45) is 0. The maximum absolute atomic E-state index is 5.97. The van der Waals surface area contributed by atoms with Crippen LogP contribution >= 0.6 is 0 Å². The van der Waals surface area contributed by atoms with Crippen molar-refractivity contribution in [3.8, 4) is 11.5 Å². The number of aryl methyl sites for hydroxylation is 2. The number of hydrogen-bond acceptors (Lipinski definition) is 6. The number of nitrogens with zero attached hydrogens (tertiary/aromatic N) is 4. The molecule has 0 amide bonds. The van der Waals surface area contributed by atoms with Gasteiger partial charge in [-0.15, -0.1) is 10.2 Å². The first-order valence-corrected chi connectivity index (χ1v) is 8.52. The summed E-state index contributed by atoms with van der Waals surface area (Å²) in [5, 5.41) is 10.2. The van der Waals surface area contributed by atoms with Crippen LogP contribution in [0.25, 0.3) is 22.2 Å². The summed E-state index contributed by atoms with van der Waals surface area (Å²) < 4.78 is 11.4. The number of benzene rings is 2. The van der Waals surface area contributed by atoms with E-state index in [-0.39, 0.29) is 0 Å². The van der Waals surface area contributed by atoms with Gasteiger partial charge in [0.2, 0.25) is 17.7 Å². The Bertz CT molecular complexity index is 1050. The van der Waals surface area contributed by atoms with Crippen LogP contribution in [0.4, 0.5) is 0 Å². The van der Waals surface area contributed by atoms with Gasteiger partial charge in [-0.25, -0.2) is 4.98 Å². The van der Waals surface area contributed by atoms with Gasteiger partial charge in [-0.1, -0.05) is 36.4 Å². The topological polar surface area (TPSA) is 68.2 Å². The van der Waals surface area contributed by atoms with Crippen LogP contribution in [-0.4, -0.2) is 27.1 Å². The molecule has 2 heterocycles. The van der Waals surface area contributed by atoms with E-state index in [1.807, 2.05) is 38.2 Å². The molecule has 132 valence electrons. The molecule has 6 heteroatoms. The van der Waals surface area contributed by atoms with Gasteiger partial charge in [0.25, 0.3) is 0 Å².